The predicted molar refractivity (Wildman–Crippen MR) is 190 cm³/mol. The standard InChI is InChI=1S/C35H50ClN5O9S/c1-9-21-18-35(21,30(44)40-51(46,47)50-34(8)13-14-34)39-27(42)25-17-23(48-28-24-11-10-22(36)16-20(24)12-15-37-28)19-41(25)29(43)26(32(2,3)4)38-31(45)49-33(5,6)7/h10-12,15-16,21,23,25-26,29,43H,9,13-14,17-19H2,1-8H3,(H,38,45)(H,39,42)(H,40,44)/t21-,23-,25+,26-,29?,35-/m1/s1. The Morgan fingerprint density at radius 3 is 2.41 bits per heavy atom. The van der Waals surface area contributed by atoms with Crippen molar-refractivity contribution in [2.75, 3.05) is 6.54 Å². The summed E-state index contributed by atoms with van der Waals surface area (Å²) in [6.07, 6.45) is 0.652. The van der Waals surface area contributed by atoms with Crippen LogP contribution in [0.25, 0.3) is 10.8 Å². The highest BCUT2D eigenvalue weighted by Gasteiger charge is 2.62. The van der Waals surface area contributed by atoms with Gasteiger partial charge in [-0.25, -0.2) is 18.7 Å². The van der Waals surface area contributed by atoms with Gasteiger partial charge in [0.15, 0.2) is 0 Å². The van der Waals surface area contributed by atoms with Crippen molar-refractivity contribution < 1.29 is 41.6 Å². The molecule has 0 radical (unpaired) electrons. The quantitative estimate of drug-likeness (QED) is 0.244. The highest BCUT2D eigenvalue weighted by Crippen LogP contribution is 2.47. The first-order valence-corrected chi connectivity index (χ1v) is 19.1. The van der Waals surface area contributed by atoms with E-state index in [0.29, 0.717) is 35.6 Å². The van der Waals surface area contributed by atoms with Crippen LogP contribution in [0.2, 0.25) is 5.02 Å². The van der Waals surface area contributed by atoms with E-state index in [1.165, 1.54) is 4.90 Å². The summed E-state index contributed by atoms with van der Waals surface area (Å²) in [5, 5.41) is 19.7. The maximum absolute atomic E-state index is 14.3. The summed E-state index contributed by atoms with van der Waals surface area (Å²) in [7, 11) is -4.43. The van der Waals surface area contributed by atoms with Crippen LogP contribution in [0.1, 0.15) is 87.5 Å². The van der Waals surface area contributed by atoms with Crippen molar-refractivity contribution in [1.82, 2.24) is 25.2 Å². The first-order chi connectivity index (χ1) is 23.5. The Bertz CT molecular complexity index is 1770. The zero-order chi connectivity index (χ0) is 37.7. The van der Waals surface area contributed by atoms with E-state index in [-0.39, 0.29) is 25.3 Å². The number of pyridine rings is 1. The summed E-state index contributed by atoms with van der Waals surface area (Å²) < 4.78 is 44.6. The van der Waals surface area contributed by atoms with Gasteiger partial charge in [0.1, 0.15) is 23.5 Å². The van der Waals surface area contributed by atoms with Crippen molar-refractivity contribution in [1.29, 1.82) is 0 Å². The van der Waals surface area contributed by atoms with E-state index in [4.69, 9.17) is 25.3 Å². The molecule has 3 amide bonds. The van der Waals surface area contributed by atoms with Gasteiger partial charge in [-0.2, -0.15) is 8.42 Å². The highest BCUT2D eigenvalue weighted by molar-refractivity contribution is 7.85. The molecule has 1 aromatic heterocycles. The van der Waals surface area contributed by atoms with Crippen LogP contribution >= 0.6 is 11.6 Å². The number of carbonyl (C=O) groups is 3. The molecule has 3 fully saturated rings. The highest BCUT2D eigenvalue weighted by atomic mass is 35.5. The Hall–Kier alpha value is -3.24. The molecule has 1 unspecified atom stereocenters. The molecule has 1 aromatic carbocycles. The third-order valence-electron chi connectivity index (χ3n) is 9.65. The molecule has 282 valence electrons. The molecule has 2 aromatic rings. The second-order valence-corrected chi connectivity index (χ2v) is 18.0. The van der Waals surface area contributed by atoms with E-state index < -0.39 is 74.8 Å². The van der Waals surface area contributed by atoms with Gasteiger partial charge in [0.05, 0.1) is 17.7 Å². The minimum absolute atomic E-state index is 0.0463. The van der Waals surface area contributed by atoms with Gasteiger partial charge in [0.2, 0.25) is 11.8 Å². The van der Waals surface area contributed by atoms with Gasteiger partial charge in [-0.15, -0.1) is 0 Å². The molecular formula is C35H50ClN5O9S. The van der Waals surface area contributed by atoms with Crippen LogP contribution in [0.3, 0.4) is 0 Å². The Morgan fingerprint density at radius 1 is 1.14 bits per heavy atom. The van der Waals surface area contributed by atoms with Crippen molar-refractivity contribution in [3.63, 3.8) is 0 Å². The van der Waals surface area contributed by atoms with Gasteiger partial charge >= 0.3 is 16.4 Å². The number of hydrogen-bond acceptors (Lipinski definition) is 11. The maximum atomic E-state index is 14.3. The summed E-state index contributed by atoms with van der Waals surface area (Å²) in [6.45, 7) is 14.2. The SMILES string of the molecule is CC[C@@H]1C[C@]1(NC(=O)[C@@H]1C[C@@H](Oc2nccc3cc(Cl)ccc23)CN1C(O)[C@@H](NC(=O)OC(C)(C)C)C(C)(C)C)C(=O)NS(=O)(=O)OC1(C)CC1. The smallest absolute Gasteiger partial charge is 0.408 e. The van der Waals surface area contributed by atoms with Gasteiger partial charge in [-0.1, -0.05) is 45.7 Å². The number of fused-ring (bicyclic) bond motifs is 1. The number of nitrogens with one attached hydrogen (secondary N) is 3. The van der Waals surface area contributed by atoms with E-state index in [1.54, 1.807) is 58.2 Å². The van der Waals surface area contributed by atoms with Crippen molar-refractivity contribution in [3.8, 4) is 5.88 Å². The van der Waals surface area contributed by atoms with Gasteiger partial charge in [0, 0.05) is 29.6 Å². The van der Waals surface area contributed by atoms with Crippen molar-refractivity contribution in [2.45, 2.75) is 129 Å². The van der Waals surface area contributed by atoms with Gasteiger partial charge < -0.3 is 25.2 Å². The molecule has 6 atom stereocenters. The number of aliphatic hydroxyl groups is 1. The number of likely N-dealkylation sites (tertiary alicyclic amines) is 1. The van der Waals surface area contributed by atoms with E-state index in [1.807, 2.05) is 32.4 Å². The van der Waals surface area contributed by atoms with Gasteiger partial charge in [-0.3, -0.25) is 14.5 Å². The van der Waals surface area contributed by atoms with Crippen LogP contribution < -0.4 is 20.1 Å². The molecule has 4 N–H and O–H groups in total. The molecule has 2 heterocycles. The number of amides is 3. The average Bonchev–Trinajstić information content (AvgIpc) is 3.86. The fraction of sp³-hybridized carbons (Fsp3) is 0.657. The Balaban J connectivity index is 1.43. The average molecular weight is 752 g/mol. The van der Waals surface area contributed by atoms with Crippen LogP contribution in [0.4, 0.5) is 4.79 Å². The van der Waals surface area contributed by atoms with Crippen molar-refractivity contribution in [2.24, 2.45) is 11.3 Å². The predicted octanol–water partition coefficient (Wildman–Crippen LogP) is 4.18. The largest absolute Gasteiger partial charge is 0.472 e. The summed E-state index contributed by atoms with van der Waals surface area (Å²) in [4.78, 5) is 46.8. The number of aliphatic hydroxyl groups excluding tert-OH is 1. The zero-order valence-corrected chi connectivity index (χ0v) is 32.0. The fourth-order valence-corrected chi connectivity index (χ4v) is 7.88. The second kappa shape index (κ2) is 14.0. The molecule has 16 heteroatoms. The molecule has 1 saturated heterocycles. The number of halogens is 1. The molecule has 51 heavy (non-hydrogen) atoms. The number of alkyl carbamates (subject to hydrolysis) is 1. The lowest BCUT2D eigenvalue weighted by molar-refractivity contribution is -0.136. The lowest BCUT2D eigenvalue weighted by atomic mass is 9.85. The molecule has 14 nitrogen and oxygen atoms in total. The lowest BCUT2D eigenvalue weighted by Gasteiger charge is -2.40. The number of rotatable bonds is 12. The fourth-order valence-electron chi connectivity index (χ4n) is 6.56. The monoisotopic (exact) mass is 751 g/mol. The summed E-state index contributed by atoms with van der Waals surface area (Å²) in [6, 6.07) is 5.10. The molecule has 0 spiro atoms. The summed E-state index contributed by atoms with van der Waals surface area (Å²) >= 11 is 6.21. The molecule has 0 bridgehead atoms. The van der Waals surface area contributed by atoms with Crippen LogP contribution in [0.15, 0.2) is 30.5 Å². The Kier molecular flexibility index (Phi) is 10.7. The minimum Gasteiger partial charge on any atom is -0.472 e. The Morgan fingerprint density at radius 2 is 1.82 bits per heavy atom. The van der Waals surface area contributed by atoms with Gasteiger partial charge in [0.25, 0.3) is 5.91 Å². The minimum atomic E-state index is -4.43. The van der Waals surface area contributed by atoms with E-state index in [0.717, 1.165) is 5.39 Å². The molecule has 3 aliphatic rings. The normalized spacial score (nSPS) is 25.8. The molecule has 5 rings (SSSR count). The van der Waals surface area contributed by atoms with Crippen LogP contribution in [-0.4, -0.2) is 89.0 Å². The topological polar surface area (TPSA) is 185 Å². The van der Waals surface area contributed by atoms with Gasteiger partial charge in [-0.05, 0) is 87.9 Å². The number of ether oxygens (including phenoxy) is 2. The van der Waals surface area contributed by atoms with Crippen molar-refractivity contribution >= 4 is 50.6 Å². The lowest BCUT2D eigenvalue weighted by Crippen LogP contribution is -2.62. The first kappa shape index (κ1) is 39.0. The molecule has 2 aliphatic carbocycles. The first-order valence-electron chi connectivity index (χ1n) is 17.3. The third kappa shape index (κ3) is 9.23. The number of nitrogens with zero attached hydrogens (tertiary/aromatic N) is 2. The Labute approximate surface area is 304 Å². The zero-order valence-electron chi connectivity index (χ0n) is 30.4. The summed E-state index contributed by atoms with van der Waals surface area (Å²) in [5.74, 6) is -1.52. The third-order valence-corrected chi connectivity index (χ3v) is 10.9. The van der Waals surface area contributed by atoms with E-state index >= 15 is 0 Å². The maximum Gasteiger partial charge on any atom is 0.408 e. The second-order valence-electron chi connectivity index (χ2n) is 16.3. The molecule has 2 saturated carbocycles. The van der Waals surface area contributed by atoms with Crippen molar-refractivity contribution in [3.05, 3.63) is 35.5 Å². The molecule has 1 aliphatic heterocycles. The number of benzene rings is 1. The number of carbonyl (C=O) groups excluding carboxylic acids is 3. The van der Waals surface area contributed by atoms with Crippen LogP contribution in [0.5, 0.6) is 5.88 Å². The summed E-state index contributed by atoms with van der Waals surface area (Å²) in [5.41, 5.74) is -3.87. The van der Waals surface area contributed by atoms with E-state index in [9.17, 15) is 27.9 Å². The number of hydrogen-bond donors (Lipinski definition) is 4. The van der Waals surface area contributed by atoms with Crippen LogP contribution in [-0.2, 0) is 28.8 Å². The van der Waals surface area contributed by atoms with E-state index in [2.05, 4.69) is 15.6 Å². The molecular weight excluding hydrogens is 702 g/mol. The number of aromatic nitrogens is 1. The van der Waals surface area contributed by atoms with Crippen LogP contribution in [0, 0.1) is 11.3 Å².